The van der Waals surface area contributed by atoms with Gasteiger partial charge in [-0.2, -0.15) is 0 Å². The quantitative estimate of drug-likeness (QED) is 0.716. The summed E-state index contributed by atoms with van der Waals surface area (Å²) >= 11 is 0. The van der Waals surface area contributed by atoms with Crippen LogP contribution in [0.3, 0.4) is 0 Å². The van der Waals surface area contributed by atoms with E-state index in [1.807, 2.05) is 24.3 Å². The summed E-state index contributed by atoms with van der Waals surface area (Å²) in [5, 5.41) is 0. The van der Waals surface area contributed by atoms with Crippen molar-refractivity contribution in [1.82, 2.24) is 14.9 Å². The second-order valence-electron chi connectivity index (χ2n) is 4.62. The summed E-state index contributed by atoms with van der Waals surface area (Å²) in [4.78, 5) is 21.8. The number of amides is 1. The van der Waals surface area contributed by atoms with Gasteiger partial charge in [-0.1, -0.05) is 12.1 Å². The minimum absolute atomic E-state index is 0.130. The summed E-state index contributed by atoms with van der Waals surface area (Å²) < 4.78 is 5.66. The van der Waals surface area contributed by atoms with E-state index in [1.165, 1.54) is 4.90 Å². The van der Waals surface area contributed by atoms with Gasteiger partial charge < -0.3 is 9.32 Å². The van der Waals surface area contributed by atoms with E-state index in [0.29, 0.717) is 11.6 Å². The number of pyridine rings is 1. The number of aromatic nitrogens is 2. The first-order chi connectivity index (χ1) is 9.65. The molecule has 0 aliphatic heterocycles. The number of hydrogen-bond donors (Lipinski definition) is 0. The lowest BCUT2D eigenvalue weighted by atomic mass is 10.2. The Kier molecular flexibility index (Phi) is 2.95. The van der Waals surface area contributed by atoms with Gasteiger partial charge in [0.15, 0.2) is 5.58 Å². The Bertz CT molecular complexity index is 727. The Balaban J connectivity index is 1.96. The molecular weight excluding hydrogens is 254 g/mol. The highest BCUT2D eigenvalue weighted by atomic mass is 16.3. The van der Waals surface area contributed by atoms with Gasteiger partial charge in [0.25, 0.3) is 5.91 Å². The lowest BCUT2D eigenvalue weighted by molar-refractivity contribution is 0.0822. The Labute approximate surface area is 115 Å². The number of nitrogens with zero attached hydrogens (tertiary/aromatic N) is 3. The fourth-order valence-electron chi connectivity index (χ4n) is 1.87. The molecule has 0 N–H and O–H groups in total. The summed E-state index contributed by atoms with van der Waals surface area (Å²) in [6.07, 6.45) is 1.60. The third kappa shape index (κ3) is 2.14. The molecule has 100 valence electrons. The molecule has 2 aromatic heterocycles. The number of fused-ring (bicyclic) bond motifs is 1. The van der Waals surface area contributed by atoms with Crippen LogP contribution in [0.25, 0.3) is 22.6 Å². The Morgan fingerprint density at radius 2 is 1.95 bits per heavy atom. The first kappa shape index (κ1) is 12.3. The minimum Gasteiger partial charge on any atom is -0.436 e. The zero-order chi connectivity index (χ0) is 14.1. The predicted molar refractivity (Wildman–Crippen MR) is 75.3 cm³/mol. The van der Waals surface area contributed by atoms with Gasteiger partial charge in [-0.05, 0) is 24.3 Å². The van der Waals surface area contributed by atoms with Gasteiger partial charge in [-0.15, -0.1) is 0 Å². The normalized spacial score (nSPS) is 10.7. The van der Waals surface area contributed by atoms with Crippen molar-refractivity contribution < 1.29 is 9.21 Å². The van der Waals surface area contributed by atoms with Crippen molar-refractivity contribution in [3.8, 4) is 11.5 Å². The molecule has 5 nitrogen and oxygen atoms in total. The summed E-state index contributed by atoms with van der Waals surface area (Å²) in [5.41, 5.74) is 2.68. The molecule has 0 radical (unpaired) electrons. The first-order valence-corrected chi connectivity index (χ1v) is 6.19. The molecule has 0 aliphatic rings. The highest BCUT2D eigenvalue weighted by Gasteiger charge is 2.12. The van der Waals surface area contributed by atoms with Crippen molar-refractivity contribution in [1.29, 1.82) is 0 Å². The zero-order valence-electron chi connectivity index (χ0n) is 11.2. The molecule has 0 spiro atoms. The van der Waals surface area contributed by atoms with Crippen LogP contribution < -0.4 is 0 Å². The molecule has 0 aliphatic carbocycles. The lowest BCUT2D eigenvalue weighted by Gasteiger charge is -2.08. The lowest BCUT2D eigenvalue weighted by Crippen LogP contribution is -2.22. The minimum atomic E-state index is -0.130. The fourth-order valence-corrected chi connectivity index (χ4v) is 1.87. The van der Waals surface area contributed by atoms with Crippen molar-refractivity contribution in [2.24, 2.45) is 0 Å². The molecule has 3 aromatic rings. The van der Waals surface area contributed by atoms with E-state index in [2.05, 4.69) is 9.97 Å². The molecule has 20 heavy (non-hydrogen) atoms. The molecule has 3 rings (SSSR count). The van der Waals surface area contributed by atoms with Crippen molar-refractivity contribution in [2.45, 2.75) is 0 Å². The monoisotopic (exact) mass is 267 g/mol. The van der Waals surface area contributed by atoms with Crippen LogP contribution in [0.4, 0.5) is 0 Å². The second kappa shape index (κ2) is 4.77. The van der Waals surface area contributed by atoms with E-state index in [4.69, 9.17) is 4.42 Å². The topological polar surface area (TPSA) is 59.2 Å². The number of carbonyl (C=O) groups is 1. The van der Waals surface area contributed by atoms with Crippen LogP contribution in [0, 0.1) is 0 Å². The number of benzene rings is 1. The van der Waals surface area contributed by atoms with E-state index in [1.54, 1.807) is 32.4 Å². The number of oxazole rings is 1. The van der Waals surface area contributed by atoms with Gasteiger partial charge in [-0.25, -0.2) is 4.98 Å². The predicted octanol–water partition coefficient (Wildman–Crippen LogP) is 2.59. The van der Waals surface area contributed by atoms with Crippen LogP contribution in [0.2, 0.25) is 0 Å². The smallest absolute Gasteiger partial charge is 0.271 e. The van der Waals surface area contributed by atoms with E-state index >= 15 is 0 Å². The maximum absolute atomic E-state index is 11.8. The maximum Gasteiger partial charge on any atom is 0.271 e. The maximum atomic E-state index is 11.8. The van der Waals surface area contributed by atoms with Gasteiger partial charge >= 0.3 is 0 Å². The van der Waals surface area contributed by atoms with Crippen LogP contribution in [-0.4, -0.2) is 34.9 Å². The zero-order valence-corrected chi connectivity index (χ0v) is 11.2. The largest absolute Gasteiger partial charge is 0.436 e. The molecule has 0 bridgehead atoms. The first-order valence-electron chi connectivity index (χ1n) is 6.19. The van der Waals surface area contributed by atoms with Crippen LogP contribution in [0.1, 0.15) is 10.5 Å². The van der Waals surface area contributed by atoms with E-state index in [9.17, 15) is 4.79 Å². The van der Waals surface area contributed by atoms with Crippen molar-refractivity contribution in [3.05, 3.63) is 48.3 Å². The average Bonchev–Trinajstić information content (AvgIpc) is 2.90. The SMILES string of the molecule is CN(C)C(=O)c1ccc(-c2nc3ccccc3o2)cn1. The Hall–Kier alpha value is -2.69. The molecule has 0 saturated carbocycles. The highest BCUT2D eigenvalue weighted by Crippen LogP contribution is 2.23. The number of carbonyl (C=O) groups excluding carboxylic acids is 1. The van der Waals surface area contributed by atoms with Gasteiger partial charge in [0.2, 0.25) is 5.89 Å². The van der Waals surface area contributed by atoms with Gasteiger partial charge in [0.05, 0.1) is 5.56 Å². The summed E-state index contributed by atoms with van der Waals surface area (Å²) in [6, 6.07) is 11.0. The molecule has 2 heterocycles. The molecule has 0 unspecified atom stereocenters. The second-order valence-corrected chi connectivity index (χ2v) is 4.62. The van der Waals surface area contributed by atoms with Crippen LogP contribution in [0.15, 0.2) is 47.0 Å². The van der Waals surface area contributed by atoms with Gasteiger partial charge in [-0.3, -0.25) is 9.78 Å². The van der Waals surface area contributed by atoms with Crippen molar-refractivity contribution in [3.63, 3.8) is 0 Å². The van der Waals surface area contributed by atoms with E-state index in [0.717, 1.165) is 16.7 Å². The molecule has 0 atom stereocenters. The molecule has 5 heteroatoms. The highest BCUT2D eigenvalue weighted by molar-refractivity contribution is 5.92. The fraction of sp³-hybridized carbons (Fsp3) is 0.133. The number of para-hydroxylation sites is 2. The van der Waals surface area contributed by atoms with Crippen molar-refractivity contribution in [2.75, 3.05) is 14.1 Å². The van der Waals surface area contributed by atoms with Crippen LogP contribution >= 0.6 is 0 Å². The summed E-state index contributed by atoms with van der Waals surface area (Å²) in [6.45, 7) is 0. The molecule has 0 saturated heterocycles. The molecule has 1 aromatic carbocycles. The standard InChI is InChI=1S/C15H13N3O2/c1-18(2)15(19)12-8-7-10(9-16-12)14-17-11-5-3-4-6-13(11)20-14/h3-9H,1-2H3. The number of rotatable bonds is 2. The number of hydrogen-bond acceptors (Lipinski definition) is 4. The average molecular weight is 267 g/mol. The van der Waals surface area contributed by atoms with E-state index in [-0.39, 0.29) is 5.91 Å². The molecule has 1 amide bonds. The van der Waals surface area contributed by atoms with Gasteiger partial charge in [0.1, 0.15) is 11.2 Å². The van der Waals surface area contributed by atoms with E-state index < -0.39 is 0 Å². The van der Waals surface area contributed by atoms with Gasteiger partial charge in [0, 0.05) is 20.3 Å². The summed E-state index contributed by atoms with van der Waals surface area (Å²) in [5.74, 6) is 0.372. The Morgan fingerprint density at radius 3 is 2.60 bits per heavy atom. The summed E-state index contributed by atoms with van der Waals surface area (Å²) in [7, 11) is 3.39. The third-order valence-electron chi connectivity index (χ3n) is 2.93. The molecular formula is C15H13N3O2. The van der Waals surface area contributed by atoms with Crippen molar-refractivity contribution >= 4 is 17.0 Å². The molecule has 0 fully saturated rings. The van der Waals surface area contributed by atoms with Crippen LogP contribution in [-0.2, 0) is 0 Å². The Morgan fingerprint density at radius 1 is 1.15 bits per heavy atom. The van der Waals surface area contributed by atoms with Crippen LogP contribution in [0.5, 0.6) is 0 Å². The third-order valence-corrected chi connectivity index (χ3v) is 2.93.